The van der Waals surface area contributed by atoms with Crippen LogP contribution < -0.4 is 24.3 Å². The average Bonchev–Trinajstić information content (AvgIpc) is 2.97. The normalized spacial score (nSPS) is 21.3. The summed E-state index contributed by atoms with van der Waals surface area (Å²) in [6, 6.07) is 11.4. The molecule has 0 spiro atoms. The van der Waals surface area contributed by atoms with Crippen LogP contribution in [0.25, 0.3) is 5.70 Å². The first-order chi connectivity index (χ1) is 13.8. The molecule has 2 aromatic rings. The van der Waals surface area contributed by atoms with Crippen molar-refractivity contribution in [1.82, 2.24) is 5.32 Å². The minimum Gasteiger partial charge on any atom is -0.490 e. The Hall–Kier alpha value is -3.15. The van der Waals surface area contributed by atoms with Crippen LogP contribution in [0.3, 0.4) is 0 Å². The third-order valence-electron chi connectivity index (χ3n) is 5.09. The molecule has 144 valence electrons. The maximum Gasteiger partial charge on any atom is 0.201 e. The van der Waals surface area contributed by atoms with Gasteiger partial charge in [-0.1, -0.05) is 12.1 Å². The molecule has 0 radical (unpaired) electrons. The summed E-state index contributed by atoms with van der Waals surface area (Å²) in [6.45, 7) is 2.25. The van der Waals surface area contributed by atoms with E-state index < -0.39 is 6.10 Å². The molecule has 1 atom stereocenters. The average molecular weight is 379 g/mol. The molecule has 3 aliphatic rings. The number of ketones is 1. The highest BCUT2D eigenvalue weighted by Crippen LogP contribution is 2.37. The summed E-state index contributed by atoms with van der Waals surface area (Å²) in [5.41, 5.74) is 2.90. The molecule has 0 saturated carbocycles. The van der Waals surface area contributed by atoms with E-state index in [1.54, 1.807) is 6.08 Å². The molecule has 6 nitrogen and oxygen atoms in total. The summed E-state index contributed by atoms with van der Waals surface area (Å²) in [6.07, 6.45) is 2.69. The first-order valence-electron chi connectivity index (χ1n) is 9.59. The molecule has 28 heavy (non-hydrogen) atoms. The molecule has 5 rings (SSSR count). The van der Waals surface area contributed by atoms with Crippen LogP contribution in [-0.4, -0.2) is 38.3 Å². The third kappa shape index (κ3) is 3.15. The third-order valence-corrected chi connectivity index (χ3v) is 5.09. The second-order valence-corrected chi connectivity index (χ2v) is 7.01. The summed E-state index contributed by atoms with van der Waals surface area (Å²) in [5.74, 6) is 2.64. The van der Waals surface area contributed by atoms with Crippen molar-refractivity contribution in [3.05, 3.63) is 53.6 Å². The Morgan fingerprint density at radius 1 is 1.00 bits per heavy atom. The van der Waals surface area contributed by atoms with Gasteiger partial charge < -0.3 is 24.3 Å². The Morgan fingerprint density at radius 3 is 2.64 bits per heavy atom. The van der Waals surface area contributed by atoms with Crippen LogP contribution in [0.1, 0.15) is 17.5 Å². The van der Waals surface area contributed by atoms with Gasteiger partial charge in [0, 0.05) is 30.3 Å². The molecule has 1 unspecified atom stereocenters. The molecule has 3 aliphatic heterocycles. The molecule has 1 N–H and O–H groups in total. The lowest BCUT2D eigenvalue weighted by Gasteiger charge is -2.26. The molecular weight excluding hydrogens is 358 g/mol. The van der Waals surface area contributed by atoms with Crippen LogP contribution >= 0.6 is 0 Å². The quantitative estimate of drug-likeness (QED) is 0.810. The second kappa shape index (κ2) is 7.11. The van der Waals surface area contributed by atoms with Gasteiger partial charge in [0.15, 0.2) is 29.1 Å². The number of fused-ring (bicyclic) bond motifs is 3. The second-order valence-electron chi connectivity index (χ2n) is 7.01. The minimum absolute atomic E-state index is 0.128. The van der Waals surface area contributed by atoms with E-state index in [0.29, 0.717) is 24.7 Å². The molecule has 2 aromatic carbocycles. The number of ether oxygens (including phenoxy) is 4. The summed E-state index contributed by atoms with van der Waals surface area (Å²) < 4.78 is 23.1. The fourth-order valence-electron chi connectivity index (χ4n) is 3.66. The summed E-state index contributed by atoms with van der Waals surface area (Å²) in [7, 11) is 0. The van der Waals surface area contributed by atoms with E-state index in [1.807, 2.05) is 36.4 Å². The Morgan fingerprint density at radius 2 is 1.79 bits per heavy atom. The van der Waals surface area contributed by atoms with Gasteiger partial charge in [-0.15, -0.1) is 0 Å². The lowest BCUT2D eigenvalue weighted by atomic mass is 9.96. The van der Waals surface area contributed by atoms with E-state index >= 15 is 0 Å². The van der Waals surface area contributed by atoms with Crippen LogP contribution in [0, 0.1) is 0 Å². The van der Waals surface area contributed by atoms with Gasteiger partial charge in [0.2, 0.25) is 5.78 Å². The maximum absolute atomic E-state index is 12.9. The van der Waals surface area contributed by atoms with Crippen molar-refractivity contribution in [2.24, 2.45) is 0 Å². The predicted octanol–water partition coefficient (Wildman–Crippen LogP) is 2.74. The van der Waals surface area contributed by atoms with Gasteiger partial charge in [-0.05, 0) is 36.2 Å². The molecule has 0 aromatic heterocycles. The largest absolute Gasteiger partial charge is 0.490 e. The summed E-state index contributed by atoms with van der Waals surface area (Å²) in [5, 5.41) is 3.33. The van der Waals surface area contributed by atoms with E-state index in [2.05, 4.69) is 5.32 Å². The Bertz CT molecular complexity index is 952. The molecule has 0 fully saturated rings. The van der Waals surface area contributed by atoms with Crippen LogP contribution in [0.5, 0.6) is 23.0 Å². The molecule has 0 saturated heterocycles. The molecule has 0 aliphatic carbocycles. The zero-order chi connectivity index (χ0) is 18.9. The highest BCUT2D eigenvalue weighted by Gasteiger charge is 2.27. The van der Waals surface area contributed by atoms with E-state index in [4.69, 9.17) is 18.9 Å². The molecule has 3 heterocycles. The number of nitrogens with one attached hydrogen (secondary N) is 1. The van der Waals surface area contributed by atoms with Gasteiger partial charge >= 0.3 is 0 Å². The van der Waals surface area contributed by atoms with E-state index in [1.165, 1.54) is 0 Å². The van der Waals surface area contributed by atoms with Gasteiger partial charge in [-0.2, -0.15) is 0 Å². The summed E-state index contributed by atoms with van der Waals surface area (Å²) >= 11 is 0. The van der Waals surface area contributed by atoms with Crippen molar-refractivity contribution in [3.8, 4) is 23.0 Å². The Balaban J connectivity index is 1.42. The predicted molar refractivity (Wildman–Crippen MR) is 103 cm³/mol. The van der Waals surface area contributed by atoms with E-state index in [9.17, 15) is 4.79 Å². The fourth-order valence-corrected chi connectivity index (χ4v) is 3.66. The van der Waals surface area contributed by atoms with Crippen molar-refractivity contribution in [3.63, 3.8) is 0 Å². The van der Waals surface area contributed by atoms with Crippen molar-refractivity contribution < 1.29 is 23.7 Å². The van der Waals surface area contributed by atoms with Crippen molar-refractivity contribution in [1.29, 1.82) is 0 Å². The Labute approximate surface area is 163 Å². The number of benzene rings is 2. The number of hydrogen-bond acceptors (Lipinski definition) is 6. The summed E-state index contributed by atoms with van der Waals surface area (Å²) in [4.78, 5) is 12.9. The number of para-hydroxylation sites is 2. The minimum atomic E-state index is -0.657. The highest BCUT2D eigenvalue weighted by atomic mass is 16.6. The number of carbonyl (C=O) groups excluding carboxylic acids is 1. The van der Waals surface area contributed by atoms with Crippen LogP contribution in [-0.2, 0) is 11.2 Å². The zero-order valence-corrected chi connectivity index (χ0v) is 15.4. The Kier molecular flexibility index (Phi) is 4.31. The van der Waals surface area contributed by atoms with Crippen molar-refractivity contribution in [2.45, 2.75) is 18.9 Å². The standard InChI is InChI=1S/C22H21NO5/c24-17(22-13-27-18-4-1-2-5-19(18)28-22)12-16-15-11-21-20(25-8-3-9-26-21)10-14(15)6-7-23-16/h1-2,4-5,10-12,22-23H,3,6-9,13H2/b16-12-. The first-order valence-corrected chi connectivity index (χ1v) is 9.59. The number of rotatable bonds is 2. The van der Waals surface area contributed by atoms with Gasteiger partial charge in [0.05, 0.1) is 13.2 Å². The molecule has 0 bridgehead atoms. The molecular formula is C22H21NO5. The lowest BCUT2D eigenvalue weighted by molar-refractivity contribution is -0.123. The SMILES string of the molecule is O=C(/C=C1\NCCc2cc3c(cc21)OCCCO3)C1COc2ccccc2O1. The van der Waals surface area contributed by atoms with Crippen LogP contribution in [0.4, 0.5) is 0 Å². The fraction of sp³-hybridized carbons (Fsp3) is 0.318. The zero-order valence-electron chi connectivity index (χ0n) is 15.4. The highest BCUT2D eigenvalue weighted by molar-refractivity contribution is 6.00. The van der Waals surface area contributed by atoms with Gasteiger partial charge in [0.25, 0.3) is 0 Å². The number of carbonyl (C=O) groups is 1. The van der Waals surface area contributed by atoms with Crippen molar-refractivity contribution >= 4 is 11.5 Å². The monoisotopic (exact) mass is 379 g/mol. The first kappa shape index (κ1) is 17.0. The maximum atomic E-state index is 12.9. The van der Waals surface area contributed by atoms with Gasteiger partial charge in [-0.3, -0.25) is 4.79 Å². The van der Waals surface area contributed by atoms with E-state index in [0.717, 1.165) is 47.7 Å². The van der Waals surface area contributed by atoms with Gasteiger partial charge in [0.1, 0.15) is 6.61 Å². The smallest absolute Gasteiger partial charge is 0.201 e. The molecule has 0 amide bonds. The van der Waals surface area contributed by atoms with Gasteiger partial charge in [-0.25, -0.2) is 0 Å². The van der Waals surface area contributed by atoms with Crippen LogP contribution in [0.15, 0.2) is 42.5 Å². The van der Waals surface area contributed by atoms with E-state index in [-0.39, 0.29) is 12.4 Å². The topological polar surface area (TPSA) is 66.0 Å². The van der Waals surface area contributed by atoms with Crippen molar-refractivity contribution in [2.75, 3.05) is 26.4 Å². The van der Waals surface area contributed by atoms with Crippen LogP contribution in [0.2, 0.25) is 0 Å². The lowest BCUT2D eigenvalue weighted by Crippen LogP contribution is -2.36. The molecule has 6 heteroatoms. The number of hydrogen-bond donors (Lipinski definition) is 1.